The van der Waals surface area contributed by atoms with E-state index < -0.39 is 96.1 Å². The molecule has 3 amide bonds. The lowest BCUT2D eigenvalue weighted by Gasteiger charge is -2.43. The first-order chi connectivity index (χ1) is 23.2. The Morgan fingerprint density at radius 1 is 0.860 bits per heavy atom. The fourth-order valence-electron chi connectivity index (χ4n) is 5.54. The van der Waals surface area contributed by atoms with Crippen molar-refractivity contribution in [2.75, 3.05) is 24.3 Å². The Morgan fingerprint density at radius 3 is 1.96 bits per heavy atom. The third kappa shape index (κ3) is 7.59. The predicted molar refractivity (Wildman–Crippen MR) is 163 cm³/mol. The molecule has 0 spiro atoms. The maximum absolute atomic E-state index is 13.8. The summed E-state index contributed by atoms with van der Waals surface area (Å²) in [5, 5.41) is 0. The number of hydrogen-bond donors (Lipinski definition) is 1. The van der Waals surface area contributed by atoms with Crippen LogP contribution >= 0.6 is 0 Å². The number of benzene rings is 2. The number of ether oxygens (including phenoxy) is 6. The Kier molecular flexibility index (Phi) is 10.6. The Hall–Kier alpha value is -5.39. The Labute approximate surface area is 283 Å². The lowest BCUT2D eigenvalue weighted by Crippen LogP contribution is -2.63. The van der Waals surface area contributed by atoms with Gasteiger partial charge in [-0.15, -0.1) is 0 Å². The van der Waals surface area contributed by atoms with Crippen LogP contribution in [0, 0.1) is 0 Å². The minimum Gasteiger partial charge on any atom is -0.463 e. The molecule has 2 heterocycles. The van der Waals surface area contributed by atoms with Crippen LogP contribution < -0.4 is 15.4 Å². The number of nitrogens with zero attached hydrogens (tertiary/aromatic N) is 2. The van der Waals surface area contributed by atoms with Gasteiger partial charge in [0.1, 0.15) is 24.0 Å². The van der Waals surface area contributed by atoms with Gasteiger partial charge in [-0.1, -0.05) is 12.1 Å². The standard InChI is InChI=1S/C32H34F3N3O12/c1-15(39)45-14-24-25(46-16(2)40)26(47-17(3)41)27(48-18(4)42)28(50-24)49-21-10-7-19(8-11-21)31(5)29(43)38(30(44)37(31)6)20-9-12-23(36)22(13-20)32(33,34)35/h7-13,24-28H,14,36H2,1-6H3/t24-,25-,26+,27-,28-,31?/m1/s1. The third-order valence-electron chi connectivity index (χ3n) is 7.99. The Bertz CT molecular complexity index is 1680. The number of nitrogens with two attached hydrogens (primary N) is 1. The molecule has 15 nitrogen and oxygen atoms in total. The predicted octanol–water partition coefficient (Wildman–Crippen LogP) is 3.06. The lowest BCUT2D eigenvalue weighted by molar-refractivity contribution is -0.288. The van der Waals surface area contributed by atoms with Crippen molar-refractivity contribution in [1.82, 2.24) is 4.90 Å². The third-order valence-corrected chi connectivity index (χ3v) is 7.99. The van der Waals surface area contributed by atoms with E-state index in [9.17, 15) is 41.9 Å². The molecule has 0 aliphatic carbocycles. The van der Waals surface area contributed by atoms with Gasteiger partial charge in [-0.05, 0) is 42.8 Å². The zero-order chi connectivity index (χ0) is 37.3. The molecular weight excluding hydrogens is 675 g/mol. The molecule has 18 heteroatoms. The van der Waals surface area contributed by atoms with Crippen molar-refractivity contribution in [3.05, 3.63) is 53.6 Å². The monoisotopic (exact) mass is 709 g/mol. The molecule has 2 aliphatic rings. The largest absolute Gasteiger partial charge is 0.463 e. The summed E-state index contributed by atoms with van der Waals surface area (Å²) < 4.78 is 73.7. The number of amides is 3. The van der Waals surface area contributed by atoms with Crippen molar-refractivity contribution in [2.45, 2.75) is 77.0 Å². The number of likely N-dealkylation sites (N-methyl/N-ethyl adjacent to an activating group) is 1. The minimum atomic E-state index is -4.84. The summed E-state index contributed by atoms with van der Waals surface area (Å²) in [5.41, 5.74) is 1.91. The first-order valence-corrected chi connectivity index (χ1v) is 14.9. The molecule has 0 radical (unpaired) electrons. The van der Waals surface area contributed by atoms with E-state index in [1.807, 2.05) is 0 Å². The van der Waals surface area contributed by atoms with Crippen molar-refractivity contribution in [2.24, 2.45) is 0 Å². The van der Waals surface area contributed by atoms with Gasteiger partial charge in [-0.25, -0.2) is 9.69 Å². The number of urea groups is 1. The van der Waals surface area contributed by atoms with Gasteiger partial charge >= 0.3 is 36.1 Å². The van der Waals surface area contributed by atoms with Crippen LogP contribution in [-0.2, 0) is 59.4 Å². The first kappa shape index (κ1) is 37.4. The molecule has 2 N–H and O–H groups in total. The second kappa shape index (κ2) is 14.2. The summed E-state index contributed by atoms with van der Waals surface area (Å²) in [7, 11) is 1.31. The fraction of sp³-hybridized carbons (Fsp3) is 0.438. The minimum absolute atomic E-state index is 0.0443. The van der Waals surface area contributed by atoms with Crippen molar-refractivity contribution >= 4 is 47.2 Å². The molecule has 2 aliphatic heterocycles. The number of anilines is 2. The molecule has 2 fully saturated rings. The summed E-state index contributed by atoms with van der Waals surface area (Å²) in [6, 6.07) is 7.37. The van der Waals surface area contributed by atoms with Crippen LogP contribution in [0.2, 0.25) is 0 Å². The second-order valence-corrected chi connectivity index (χ2v) is 11.5. The normalized spacial score (nSPS) is 25.2. The average Bonchev–Trinajstić information content (AvgIpc) is 3.18. The summed E-state index contributed by atoms with van der Waals surface area (Å²) in [6.07, 6.45) is -12.0. The molecule has 4 rings (SSSR count). The number of halogens is 3. The van der Waals surface area contributed by atoms with Crippen LogP contribution in [0.25, 0.3) is 0 Å². The molecule has 2 saturated heterocycles. The first-order valence-electron chi connectivity index (χ1n) is 14.9. The summed E-state index contributed by atoms with van der Waals surface area (Å²) >= 11 is 0. The number of carbonyl (C=O) groups excluding carboxylic acids is 6. The molecule has 6 atom stereocenters. The van der Waals surface area contributed by atoms with Crippen LogP contribution in [0.15, 0.2) is 42.5 Å². The Morgan fingerprint density at radius 2 is 1.42 bits per heavy atom. The number of esters is 4. The van der Waals surface area contributed by atoms with Crippen LogP contribution in [0.3, 0.4) is 0 Å². The van der Waals surface area contributed by atoms with Crippen LogP contribution in [0.4, 0.5) is 29.3 Å². The van der Waals surface area contributed by atoms with Crippen molar-refractivity contribution in [3.63, 3.8) is 0 Å². The number of hydrogen-bond acceptors (Lipinski definition) is 13. The topological polar surface area (TPSA) is 190 Å². The van der Waals surface area contributed by atoms with Crippen LogP contribution in [-0.4, -0.2) is 85.1 Å². The number of carbonyl (C=O) groups is 6. The summed E-state index contributed by atoms with van der Waals surface area (Å²) in [6.45, 7) is 5.26. The van der Waals surface area contributed by atoms with Crippen LogP contribution in [0.5, 0.6) is 5.75 Å². The van der Waals surface area contributed by atoms with Gasteiger partial charge in [0, 0.05) is 40.4 Å². The van der Waals surface area contributed by atoms with Crippen molar-refractivity contribution in [3.8, 4) is 5.75 Å². The highest BCUT2D eigenvalue weighted by molar-refractivity contribution is 6.23. The van der Waals surface area contributed by atoms with E-state index in [0.29, 0.717) is 11.0 Å². The average molecular weight is 710 g/mol. The molecular formula is C32H34F3N3O12. The lowest BCUT2D eigenvalue weighted by atomic mass is 9.90. The zero-order valence-electron chi connectivity index (χ0n) is 27.6. The van der Waals surface area contributed by atoms with Gasteiger partial charge in [-0.3, -0.25) is 24.0 Å². The van der Waals surface area contributed by atoms with Gasteiger partial charge in [0.05, 0.1) is 11.3 Å². The number of rotatable bonds is 9. The second-order valence-electron chi connectivity index (χ2n) is 11.5. The van der Waals surface area contributed by atoms with E-state index >= 15 is 0 Å². The highest BCUT2D eigenvalue weighted by atomic mass is 19.4. The highest BCUT2D eigenvalue weighted by Gasteiger charge is 2.55. The smallest absolute Gasteiger partial charge is 0.418 e. The molecule has 0 saturated carbocycles. The quantitative estimate of drug-likeness (QED) is 0.173. The maximum atomic E-state index is 13.8. The van der Waals surface area contributed by atoms with Crippen molar-refractivity contribution in [1.29, 1.82) is 0 Å². The number of alkyl halides is 3. The molecule has 2 aromatic rings. The van der Waals surface area contributed by atoms with E-state index in [1.54, 1.807) is 0 Å². The zero-order valence-corrected chi connectivity index (χ0v) is 27.6. The fourth-order valence-corrected chi connectivity index (χ4v) is 5.54. The summed E-state index contributed by atoms with van der Waals surface area (Å²) in [5.74, 6) is -4.00. The van der Waals surface area contributed by atoms with E-state index in [4.69, 9.17) is 34.2 Å². The van der Waals surface area contributed by atoms with Crippen molar-refractivity contribution < 1.29 is 70.4 Å². The molecule has 0 aromatic heterocycles. The Balaban J connectivity index is 1.66. The van der Waals surface area contributed by atoms with Crippen LogP contribution in [0.1, 0.15) is 45.7 Å². The van der Waals surface area contributed by atoms with E-state index in [1.165, 1.54) is 38.2 Å². The molecule has 270 valence electrons. The summed E-state index contributed by atoms with van der Waals surface area (Å²) in [4.78, 5) is 76.5. The van der Waals surface area contributed by atoms with Gasteiger partial charge in [0.2, 0.25) is 12.4 Å². The number of imide groups is 1. The van der Waals surface area contributed by atoms with E-state index in [-0.39, 0.29) is 17.0 Å². The van der Waals surface area contributed by atoms with E-state index in [0.717, 1.165) is 44.7 Å². The van der Waals surface area contributed by atoms with Gasteiger partial charge in [0.15, 0.2) is 12.2 Å². The van der Waals surface area contributed by atoms with Gasteiger partial charge in [-0.2, -0.15) is 13.2 Å². The molecule has 0 bridgehead atoms. The SMILES string of the molecule is CC(=O)OC[C@H]1O[C@@H](Oc2ccc(C3(C)C(=O)N(c4ccc(N)c(C(F)(F)F)c4)C(=O)N3C)cc2)[C@H](OC(C)=O)[C@@H](OC(C)=O)[C@@H]1OC(C)=O. The van der Waals surface area contributed by atoms with E-state index in [2.05, 4.69) is 0 Å². The van der Waals surface area contributed by atoms with Gasteiger partial charge in [0.25, 0.3) is 5.91 Å². The maximum Gasteiger partial charge on any atom is 0.418 e. The number of nitrogen functional groups attached to an aromatic ring is 1. The van der Waals surface area contributed by atoms with Gasteiger partial charge < -0.3 is 39.1 Å². The molecule has 2 aromatic carbocycles. The molecule has 50 heavy (non-hydrogen) atoms. The molecule has 1 unspecified atom stereocenters. The highest BCUT2D eigenvalue weighted by Crippen LogP contribution is 2.42.